The minimum absolute atomic E-state index is 0.125. The second-order valence-electron chi connectivity index (χ2n) is 11.3. The minimum atomic E-state index is -0.307. The highest BCUT2D eigenvalue weighted by Crippen LogP contribution is 2.38. The average molecular weight is 435 g/mol. The third-order valence-electron chi connectivity index (χ3n) is 7.77. The van der Waals surface area contributed by atoms with E-state index in [0.29, 0.717) is 30.3 Å². The van der Waals surface area contributed by atoms with E-state index in [1.807, 2.05) is 4.90 Å². The first-order valence-corrected chi connectivity index (χ1v) is 12.7. The average Bonchev–Trinajstić information content (AvgIpc) is 2.72. The summed E-state index contributed by atoms with van der Waals surface area (Å²) in [5.41, 5.74) is 0. The first kappa shape index (κ1) is 24.5. The van der Waals surface area contributed by atoms with Crippen LogP contribution in [0.15, 0.2) is 0 Å². The van der Waals surface area contributed by atoms with E-state index in [4.69, 9.17) is 0 Å². The van der Waals surface area contributed by atoms with Gasteiger partial charge in [-0.1, -0.05) is 27.7 Å². The number of hydrogen-bond donors (Lipinski definition) is 1. The van der Waals surface area contributed by atoms with Gasteiger partial charge in [0, 0.05) is 32.2 Å². The monoisotopic (exact) mass is 434 g/mol. The maximum Gasteiger partial charge on any atom is 0.245 e. The van der Waals surface area contributed by atoms with Gasteiger partial charge in [-0.25, -0.2) is 0 Å². The Bertz CT molecular complexity index is 621. The van der Waals surface area contributed by atoms with Gasteiger partial charge in [-0.3, -0.25) is 9.59 Å². The van der Waals surface area contributed by atoms with E-state index >= 15 is 0 Å². The van der Waals surface area contributed by atoms with Crippen molar-refractivity contribution in [2.45, 2.75) is 84.3 Å². The highest BCUT2D eigenvalue weighted by molar-refractivity contribution is 5.90. The van der Waals surface area contributed by atoms with E-state index in [2.05, 4.69) is 56.9 Å². The van der Waals surface area contributed by atoms with Gasteiger partial charge < -0.3 is 20.0 Å². The lowest BCUT2D eigenvalue weighted by molar-refractivity contribution is -0.151. The standard InChI is InChI=1S/C25H46N4O2/c1-17(2)13-22-24(30)29(12-10-26-22)23(14-18(3)4)25(31)28-11-9-19-15-21(27(5)6)8-7-20(19)16-28/h17-23,26H,7-16H2,1-6H3/t19?,20?,21?,22-,23-/m0/s1. The van der Waals surface area contributed by atoms with Gasteiger partial charge in [-0.2, -0.15) is 0 Å². The van der Waals surface area contributed by atoms with Crippen LogP contribution in [-0.2, 0) is 9.59 Å². The fourth-order valence-corrected chi connectivity index (χ4v) is 6.00. The molecular weight excluding hydrogens is 388 g/mol. The lowest BCUT2D eigenvalue weighted by Gasteiger charge is -2.47. The molecule has 2 saturated heterocycles. The number of likely N-dealkylation sites (tertiary alicyclic amines) is 1. The molecule has 1 N–H and O–H groups in total. The Morgan fingerprint density at radius 1 is 1.06 bits per heavy atom. The Balaban J connectivity index is 1.68. The minimum Gasteiger partial charge on any atom is -0.341 e. The number of piperazine rings is 1. The summed E-state index contributed by atoms with van der Waals surface area (Å²) < 4.78 is 0. The number of fused-ring (bicyclic) bond motifs is 1. The van der Waals surface area contributed by atoms with Gasteiger partial charge in [-0.15, -0.1) is 0 Å². The van der Waals surface area contributed by atoms with E-state index in [0.717, 1.165) is 44.8 Å². The second-order valence-corrected chi connectivity index (χ2v) is 11.3. The predicted octanol–water partition coefficient (Wildman–Crippen LogP) is 2.83. The van der Waals surface area contributed by atoms with Crippen LogP contribution in [0.1, 0.15) is 66.2 Å². The van der Waals surface area contributed by atoms with E-state index in [9.17, 15) is 9.59 Å². The molecule has 3 aliphatic rings. The molecule has 5 atom stereocenters. The first-order chi connectivity index (χ1) is 14.7. The largest absolute Gasteiger partial charge is 0.341 e. The number of carbonyl (C=O) groups excluding carboxylic acids is 2. The molecule has 1 saturated carbocycles. The highest BCUT2D eigenvalue weighted by Gasteiger charge is 2.42. The number of hydrogen-bond acceptors (Lipinski definition) is 4. The predicted molar refractivity (Wildman–Crippen MR) is 126 cm³/mol. The van der Waals surface area contributed by atoms with Gasteiger partial charge in [0.2, 0.25) is 11.8 Å². The molecule has 0 aromatic heterocycles. The van der Waals surface area contributed by atoms with Gasteiger partial charge in [0.25, 0.3) is 0 Å². The van der Waals surface area contributed by atoms with Crippen LogP contribution in [0.4, 0.5) is 0 Å². The molecule has 1 aliphatic carbocycles. The zero-order chi connectivity index (χ0) is 22.7. The maximum absolute atomic E-state index is 13.8. The summed E-state index contributed by atoms with van der Waals surface area (Å²) in [4.78, 5) is 33.4. The van der Waals surface area contributed by atoms with Crippen LogP contribution < -0.4 is 5.32 Å². The molecule has 2 aliphatic heterocycles. The summed E-state index contributed by atoms with van der Waals surface area (Å²) in [6.07, 6.45) is 6.42. The summed E-state index contributed by atoms with van der Waals surface area (Å²) in [5.74, 6) is 2.52. The molecule has 178 valence electrons. The van der Waals surface area contributed by atoms with Crippen LogP contribution in [0.2, 0.25) is 0 Å². The zero-order valence-corrected chi connectivity index (χ0v) is 20.8. The zero-order valence-electron chi connectivity index (χ0n) is 20.8. The van der Waals surface area contributed by atoms with Crippen molar-refractivity contribution < 1.29 is 9.59 Å². The first-order valence-electron chi connectivity index (χ1n) is 12.7. The van der Waals surface area contributed by atoms with Gasteiger partial charge in [0.15, 0.2) is 0 Å². The quantitative estimate of drug-likeness (QED) is 0.669. The molecular formula is C25H46N4O2. The van der Waals surface area contributed by atoms with Crippen molar-refractivity contribution in [3.63, 3.8) is 0 Å². The molecule has 0 radical (unpaired) electrons. The van der Waals surface area contributed by atoms with Crippen LogP contribution in [0.5, 0.6) is 0 Å². The second kappa shape index (κ2) is 10.7. The summed E-state index contributed by atoms with van der Waals surface area (Å²) in [7, 11) is 4.38. The highest BCUT2D eigenvalue weighted by atomic mass is 16.2. The Labute approximate surface area is 190 Å². The van der Waals surface area contributed by atoms with Gasteiger partial charge >= 0.3 is 0 Å². The SMILES string of the molecule is CC(C)C[C@@H]1NCCN([C@@H](CC(C)C)C(=O)N2CCC3CC(N(C)C)CCC3C2)C1=O. The molecule has 2 heterocycles. The third-order valence-corrected chi connectivity index (χ3v) is 7.77. The number of nitrogens with zero attached hydrogens (tertiary/aromatic N) is 3. The molecule has 31 heavy (non-hydrogen) atoms. The Morgan fingerprint density at radius 3 is 2.45 bits per heavy atom. The summed E-state index contributed by atoms with van der Waals surface area (Å²) in [6.45, 7) is 11.8. The van der Waals surface area contributed by atoms with Gasteiger partial charge in [0.1, 0.15) is 6.04 Å². The lowest BCUT2D eigenvalue weighted by atomic mass is 9.72. The fraction of sp³-hybridized carbons (Fsp3) is 0.920. The molecule has 0 spiro atoms. The molecule has 3 unspecified atom stereocenters. The molecule has 0 bridgehead atoms. The van der Waals surface area contributed by atoms with E-state index in [1.54, 1.807) is 0 Å². The van der Waals surface area contributed by atoms with Crippen molar-refractivity contribution in [2.75, 3.05) is 40.3 Å². The normalized spacial score (nSPS) is 30.8. The van der Waals surface area contributed by atoms with E-state index < -0.39 is 0 Å². The molecule has 3 rings (SSSR count). The van der Waals surface area contributed by atoms with Crippen LogP contribution in [-0.4, -0.2) is 84.9 Å². The number of piperidine rings is 1. The van der Waals surface area contributed by atoms with Crippen molar-refractivity contribution >= 4 is 11.8 Å². The Morgan fingerprint density at radius 2 is 1.81 bits per heavy atom. The van der Waals surface area contributed by atoms with Gasteiger partial charge in [0.05, 0.1) is 6.04 Å². The summed E-state index contributed by atoms with van der Waals surface area (Å²) in [6, 6.07) is 0.232. The van der Waals surface area contributed by atoms with Crippen LogP contribution in [0.25, 0.3) is 0 Å². The van der Waals surface area contributed by atoms with Crippen molar-refractivity contribution in [1.82, 2.24) is 20.0 Å². The van der Waals surface area contributed by atoms with Crippen molar-refractivity contribution in [3.05, 3.63) is 0 Å². The third kappa shape index (κ3) is 6.01. The van der Waals surface area contributed by atoms with E-state index in [1.165, 1.54) is 19.3 Å². The summed E-state index contributed by atoms with van der Waals surface area (Å²) >= 11 is 0. The topological polar surface area (TPSA) is 55.9 Å². The van der Waals surface area contributed by atoms with Crippen LogP contribution in [0, 0.1) is 23.7 Å². The molecule has 6 nitrogen and oxygen atoms in total. The number of amides is 2. The Kier molecular flexibility index (Phi) is 8.42. The van der Waals surface area contributed by atoms with Crippen LogP contribution >= 0.6 is 0 Å². The number of carbonyl (C=O) groups is 2. The molecule has 6 heteroatoms. The van der Waals surface area contributed by atoms with E-state index in [-0.39, 0.29) is 23.9 Å². The lowest BCUT2D eigenvalue weighted by Crippen LogP contribution is -2.62. The number of rotatable bonds is 7. The summed E-state index contributed by atoms with van der Waals surface area (Å²) in [5, 5.41) is 3.39. The maximum atomic E-state index is 13.8. The Hall–Kier alpha value is -1.14. The molecule has 3 fully saturated rings. The van der Waals surface area contributed by atoms with Gasteiger partial charge in [-0.05, 0) is 76.3 Å². The van der Waals surface area contributed by atoms with Crippen LogP contribution in [0.3, 0.4) is 0 Å². The molecule has 0 aromatic rings. The van der Waals surface area contributed by atoms with Crippen molar-refractivity contribution in [3.8, 4) is 0 Å². The van der Waals surface area contributed by atoms with Crippen molar-refractivity contribution in [2.24, 2.45) is 23.7 Å². The smallest absolute Gasteiger partial charge is 0.245 e. The fourth-order valence-electron chi connectivity index (χ4n) is 6.00. The molecule has 0 aromatic carbocycles. The molecule has 2 amide bonds. The van der Waals surface area contributed by atoms with Crippen molar-refractivity contribution in [1.29, 1.82) is 0 Å². The number of nitrogens with one attached hydrogen (secondary N) is 1.